The van der Waals surface area contributed by atoms with Crippen LogP contribution in [0.4, 0.5) is 17.5 Å². The Hall–Kier alpha value is -10.5. The van der Waals surface area contributed by atoms with Crippen LogP contribution in [-0.4, -0.2) is 155 Å². The summed E-state index contributed by atoms with van der Waals surface area (Å²) in [5.74, 6) is -2.47. The van der Waals surface area contributed by atoms with Gasteiger partial charge in [-0.25, -0.2) is 86.3 Å². The molecule has 0 unspecified atom stereocenters. The number of benzene rings is 8. The Kier molecular flexibility index (Phi) is 46.1. The van der Waals surface area contributed by atoms with Crippen LogP contribution < -0.4 is 28.5 Å². The van der Waals surface area contributed by atoms with Gasteiger partial charge in [0.25, 0.3) is 36.0 Å². The minimum atomic E-state index is -4.14. The van der Waals surface area contributed by atoms with Crippen molar-refractivity contribution < 1.29 is 92.2 Å². The predicted octanol–water partition coefficient (Wildman–Crippen LogP) is 22.0. The van der Waals surface area contributed by atoms with E-state index in [2.05, 4.69) is 162 Å². The van der Waals surface area contributed by atoms with Gasteiger partial charge in [0, 0.05) is 41.1 Å². The van der Waals surface area contributed by atoms with Crippen LogP contribution in [0.25, 0.3) is 90.5 Å². The molecule has 8 aromatic heterocycles. The normalized spacial score (nSPS) is 11.9. The van der Waals surface area contributed by atoms with Gasteiger partial charge in [-0.05, 0) is 131 Å². The molecule has 11 N–H and O–H groups in total. The van der Waals surface area contributed by atoms with E-state index >= 15 is 0 Å². The number of carbonyl (C=O) groups excluding carboxylic acids is 4. The molecular formula is C100H101BI6N15O17S3V2. The standard InChI is InChI=1S/C25H28BNO6S.C23H20N4O4S.C19H17NO4S.C15H13N5O.C15H12N4O2.CH3I.2CH4.5HI.2V/c1-6-31-23(28)20-17-21(26-32-24(2,3)25(4,5)33-26)27(22(20)18-13-9-7-10-14-18)34(29,30)19-15-11-8-12-16-19;1-2-31-23(28)18-13-20(19-14-21(24)26-15-25-19)27(22(18)16-9-5-3-6-10-16)32(29,30)17-11-7-4-8-12-17;1-2-24-19(21)17-13-14-20(18(17)15-9-5-3-6-10-15)25(22,23)16-11-7-4-8-12-16;16-13-7-11(18-8-19-13)12-6-10(15(17)21)14(20-12)9-4-2-1-3-5-9;16-13-7-11(17-8-18-13)12-6-10(15(20)21)14(19-12)9-4-2-1-3-5-9;1-2;;;;;;;;;/h7-17H,6H2,1-5H3;3-15H,2H2,1H3,(H2,24,25,26);3-14H,2H2,1H3;1-8,20H,(H2,17,21)(H2,16,18,19);1-8,19H,(H,20,21)(H2,16,17,18);1H3;2*1H4;5*1H;;/q;;;;;;;;;;;;;+2;+3/p-5. The molecule has 1 aliphatic heterocycles. The molecule has 0 saturated carbocycles. The SMILES string of the molecule is C.C.CCOC(=O)c1cc(-c2cc(N)ncn2)n(S(=O)(=O)c2ccccc2)c1-c1ccccc1.CCOC(=O)c1cc(B2OC(C)(C)C(C)(C)O2)n(S(=O)(=O)c2ccccc2)c1-c1ccccc1.CCOC(=O)c1ccn(S(=O)(=O)c2ccccc2)c1-c1ccccc1.CI.NC(=O)c1cc(-c2cc(N)ncn2)[nH]c1-c1ccccc1.Nc1cc(-c2cc(C(=O)O)c(-c3ccccc3)[nH]2)ncn1.[I][V]([I])[I].[I][V][I]. The Labute approximate surface area is 917 Å². The van der Waals surface area contributed by atoms with Crippen molar-refractivity contribution in [3.05, 3.63) is 344 Å². The van der Waals surface area contributed by atoms with Crippen LogP contribution >= 0.6 is 122 Å². The summed E-state index contributed by atoms with van der Waals surface area (Å²) in [5, 5.41) is 9.36. The number of aromatic nitrogens is 11. The number of nitrogens with zero attached hydrogens (tertiary/aromatic N) is 9. The van der Waals surface area contributed by atoms with Crippen LogP contribution in [0, 0.1) is 0 Å². The van der Waals surface area contributed by atoms with Crippen molar-refractivity contribution in [2.24, 2.45) is 5.73 Å². The maximum atomic E-state index is 14.0. The number of hydrogen-bond donors (Lipinski definition) is 7. The van der Waals surface area contributed by atoms with Crippen molar-refractivity contribution in [3.8, 4) is 90.5 Å². The predicted molar refractivity (Wildman–Crippen MR) is 608 cm³/mol. The maximum absolute atomic E-state index is 14.0. The van der Waals surface area contributed by atoms with Gasteiger partial charge >= 0.3 is 145 Å². The number of primary amides is 1. The average Bonchev–Trinajstić information content (AvgIpc) is 1.58. The molecule has 144 heavy (non-hydrogen) atoms. The van der Waals surface area contributed by atoms with Crippen LogP contribution in [0.2, 0.25) is 0 Å². The Morgan fingerprint density at radius 3 is 1.07 bits per heavy atom. The Morgan fingerprint density at radius 1 is 0.417 bits per heavy atom. The number of carbonyl (C=O) groups is 5. The zero-order valence-electron chi connectivity index (χ0n) is 76.9. The van der Waals surface area contributed by atoms with Crippen molar-refractivity contribution in [3.63, 3.8) is 0 Å². The van der Waals surface area contributed by atoms with Crippen molar-refractivity contribution >= 4 is 213 Å². The number of aromatic carboxylic acids is 1. The third kappa shape index (κ3) is 30.2. The second-order valence-electron chi connectivity index (χ2n) is 30.4. The summed E-state index contributed by atoms with van der Waals surface area (Å²) in [5.41, 5.74) is 30.5. The average molecular weight is 2760 g/mol. The quantitative estimate of drug-likeness (QED) is 0.0103. The van der Waals surface area contributed by atoms with Gasteiger partial charge in [0.05, 0.1) is 142 Å². The number of ether oxygens (including phenoxy) is 3. The van der Waals surface area contributed by atoms with Gasteiger partial charge in [0.15, 0.2) is 0 Å². The van der Waals surface area contributed by atoms with E-state index in [0.29, 0.717) is 83.2 Å². The van der Waals surface area contributed by atoms with Gasteiger partial charge in [0.1, 0.15) is 36.4 Å². The summed E-state index contributed by atoms with van der Waals surface area (Å²) in [6, 6.07) is 81.8. The number of carboxylic acid groups (broad SMARTS) is 1. The zero-order valence-corrected chi connectivity index (χ0v) is 95.1. The number of amides is 1. The van der Waals surface area contributed by atoms with E-state index < -0.39 is 78.2 Å². The second kappa shape index (κ2) is 55.9. The van der Waals surface area contributed by atoms with Crippen molar-refractivity contribution in [1.82, 2.24) is 51.8 Å². The van der Waals surface area contributed by atoms with E-state index in [1.54, 1.807) is 178 Å². The molecule has 44 heteroatoms. The van der Waals surface area contributed by atoms with E-state index in [1.807, 2.05) is 105 Å². The Bertz CT molecular complexity index is 7200. The molecule has 0 radical (unpaired) electrons. The molecule has 0 atom stereocenters. The Morgan fingerprint density at radius 2 is 0.715 bits per heavy atom. The molecule has 1 saturated heterocycles. The summed E-state index contributed by atoms with van der Waals surface area (Å²) in [6.45, 7) is 13.1. The first-order valence-corrected chi connectivity index (χ1v) is 71.5. The molecule has 17 rings (SSSR count). The number of nitrogens with two attached hydrogens (primary N) is 4. The van der Waals surface area contributed by atoms with E-state index in [0.717, 1.165) is 23.0 Å². The van der Waals surface area contributed by atoms with Crippen LogP contribution in [-0.2, 0) is 68.0 Å². The summed E-state index contributed by atoms with van der Waals surface area (Å²) >= 11 is 14.3. The van der Waals surface area contributed by atoms with E-state index in [9.17, 15) is 54.3 Å². The fourth-order valence-corrected chi connectivity index (χ4v) is 18.5. The molecule has 751 valence electrons. The number of H-pyrrole nitrogens is 2. The van der Waals surface area contributed by atoms with E-state index in [4.69, 9.17) is 46.5 Å². The first-order chi connectivity index (χ1) is 67.9. The molecule has 9 heterocycles. The van der Waals surface area contributed by atoms with Gasteiger partial charge in [-0.3, -0.25) is 4.79 Å². The fraction of sp³-hybridized carbons (Fsp3) is 0.150. The minimum absolute atomic E-state index is 0. The zero-order chi connectivity index (χ0) is 103. The number of anilines is 3. The number of rotatable bonds is 23. The van der Waals surface area contributed by atoms with Gasteiger partial charge in [-0.2, -0.15) is 0 Å². The summed E-state index contributed by atoms with van der Waals surface area (Å²) in [6.07, 6.45) is 5.34. The monoisotopic (exact) mass is 2750 g/mol. The molecule has 1 fully saturated rings. The summed E-state index contributed by atoms with van der Waals surface area (Å²) in [7, 11) is -12.5. The molecule has 1 aliphatic rings. The van der Waals surface area contributed by atoms with Crippen LogP contribution in [0.1, 0.15) is 115 Å². The Balaban J connectivity index is 0.000000217. The van der Waals surface area contributed by atoms with Gasteiger partial charge in [0.2, 0.25) is 0 Å². The van der Waals surface area contributed by atoms with E-state index in [-0.39, 0.29) is 111 Å². The molecule has 16 aromatic rings. The number of hydrogen-bond acceptors (Lipinski definition) is 25. The second-order valence-corrected chi connectivity index (χ2v) is 83.0. The molecule has 32 nitrogen and oxygen atoms in total. The summed E-state index contributed by atoms with van der Waals surface area (Å²) in [4.78, 5) is 93.5. The number of alkyl halides is 1. The van der Waals surface area contributed by atoms with Crippen molar-refractivity contribution in [2.75, 3.05) is 42.0 Å². The summed E-state index contributed by atoms with van der Waals surface area (Å²) < 4.78 is 113. The fourth-order valence-electron chi connectivity index (χ4n) is 14.0. The first-order valence-electron chi connectivity index (χ1n) is 42.5. The van der Waals surface area contributed by atoms with Crippen LogP contribution in [0.5, 0.6) is 0 Å². The molecule has 0 aliphatic carbocycles. The van der Waals surface area contributed by atoms with Gasteiger partial charge < -0.3 is 61.5 Å². The number of esters is 3. The van der Waals surface area contributed by atoms with Gasteiger partial charge in [-0.1, -0.05) is 244 Å². The van der Waals surface area contributed by atoms with Gasteiger partial charge in [-0.15, -0.1) is 0 Å². The molecule has 8 aromatic carbocycles. The topological polar surface area (TPSA) is 482 Å². The van der Waals surface area contributed by atoms with Crippen molar-refractivity contribution in [2.45, 2.75) is 89.2 Å². The molecular weight excluding hydrogens is 2650 g/mol. The van der Waals surface area contributed by atoms with E-state index in [1.165, 1.54) is 85.8 Å². The molecule has 0 spiro atoms. The molecule has 1 amide bonds. The third-order valence-electron chi connectivity index (χ3n) is 20.9. The number of aromatic amines is 2. The third-order valence-corrected chi connectivity index (χ3v) is 26.1. The number of nitrogens with one attached hydrogen (secondary N) is 2. The first kappa shape index (κ1) is 119. The van der Waals surface area contributed by atoms with Crippen LogP contribution in [0.3, 0.4) is 0 Å². The number of halogens is 6. The van der Waals surface area contributed by atoms with Crippen molar-refractivity contribution in [1.29, 1.82) is 0 Å². The number of carboxylic acids is 1. The number of nitrogen functional groups attached to an aromatic ring is 3. The van der Waals surface area contributed by atoms with Crippen LogP contribution in [0.15, 0.2) is 331 Å². The molecule has 0 bridgehead atoms.